The molecule has 15 heavy (non-hydrogen) atoms. The van der Waals surface area contributed by atoms with E-state index < -0.39 is 17.5 Å². The lowest BCUT2D eigenvalue weighted by atomic mass is 9.98. The van der Waals surface area contributed by atoms with E-state index in [1.54, 1.807) is 6.92 Å². The molecule has 0 aromatic rings. The van der Waals surface area contributed by atoms with Crippen LogP contribution in [0.3, 0.4) is 0 Å². The molecule has 5 nitrogen and oxygen atoms in total. The minimum absolute atomic E-state index is 0.270. The number of carboxylic acids is 2. The Morgan fingerprint density at radius 2 is 1.80 bits per heavy atom. The highest BCUT2D eigenvalue weighted by Crippen LogP contribution is 2.19. The van der Waals surface area contributed by atoms with Gasteiger partial charge in [0.15, 0.2) is 0 Å². The molecule has 0 spiro atoms. The molecule has 0 fully saturated rings. The van der Waals surface area contributed by atoms with Crippen molar-refractivity contribution in [1.29, 1.82) is 0 Å². The molecular weight excluding hydrogens is 198 g/mol. The van der Waals surface area contributed by atoms with Crippen LogP contribution in [0, 0.1) is 0 Å². The van der Waals surface area contributed by atoms with Gasteiger partial charge in [-0.05, 0) is 19.1 Å². The number of allylic oxidation sites excluding steroid dienone is 2. The minimum Gasteiger partial charge on any atom is -0.478 e. The van der Waals surface area contributed by atoms with Gasteiger partial charge in [-0.15, -0.1) is 0 Å². The highest BCUT2D eigenvalue weighted by molar-refractivity contribution is 6.06. The molecule has 1 atom stereocenters. The Kier molecular flexibility index (Phi) is 2.76. The van der Waals surface area contributed by atoms with E-state index in [-0.39, 0.29) is 11.1 Å². The third-order valence-electron chi connectivity index (χ3n) is 1.92. The summed E-state index contributed by atoms with van der Waals surface area (Å²) in [7, 11) is 0. The van der Waals surface area contributed by atoms with Crippen molar-refractivity contribution >= 4 is 11.9 Å². The number of rotatable bonds is 2. The van der Waals surface area contributed by atoms with Gasteiger partial charge in [0.1, 0.15) is 0 Å². The Hall–Kier alpha value is -1.88. The van der Waals surface area contributed by atoms with Gasteiger partial charge in [0.2, 0.25) is 0 Å². The van der Waals surface area contributed by atoms with E-state index >= 15 is 0 Å². The van der Waals surface area contributed by atoms with Crippen molar-refractivity contribution in [3.05, 3.63) is 35.5 Å². The maximum atomic E-state index is 10.9. The standard InChI is InChI=1S/C10H11NO4/c1-10(11)4-2-3-6(8(12)13)7(5-10)9(14)15/h2-5H,11H2,1H3,(H,12,13)(H,14,15). The summed E-state index contributed by atoms with van der Waals surface area (Å²) in [5.41, 5.74) is 4.19. The molecule has 0 saturated carbocycles. The zero-order valence-electron chi connectivity index (χ0n) is 8.10. The van der Waals surface area contributed by atoms with E-state index in [0.29, 0.717) is 0 Å². The van der Waals surface area contributed by atoms with E-state index in [1.807, 2.05) is 0 Å². The zero-order chi connectivity index (χ0) is 11.6. The van der Waals surface area contributed by atoms with E-state index in [4.69, 9.17) is 15.9 Å². The number of carbonyl (C=O) groups is 2. The van der Waals surface area contributed by atoms with Gasteiger partial charge in [0.25, 0.3) is 0 Å². The summed E-state index contributed by atoms with van der Waals surface area (Å²) in [5.74, 6) is -2.59. The van der Waals surface area contributed by atoms with E-state index in [2.05, 4.69) is 0 Å². The fourth-order valence-electron chi connectivity index (χ4n) is 1.24. The monoisotopic (exact) mass is 209 g/mol. The maximum absolute atomic E-state index is 10.9. The number of nitrogens with two attached hydrogens (primary N) is 1. The Balaban J connectivity index is 3.30. The van der Waals surface area contributed by atoms with E-state index in [9.17, 15) is 9.59 Å². The predicted molar refractivity (Wildman–Crippen MR) is 53.2 cm³/mol. The molecule has 1 aliphatic carbocycles. The number of carboxylic acid groups (broad SMARTS) is 2. The molecule has 0 saturated heterocycles. The van der Waals surface area contributed by atoms with Crippen LogP contribution < -0.4 is 5.73 Å². The van der Waals surface area contributed by atoms with Crippen LogP contribution in [0.15, 0.2) is 35.5 Å². The molecule has 0 radical (unpaired) electrons. The van der Waals surface area contributed by atoms with E-state index in [1.165, 1.54) is 24.3 Å². The first-order chi connectivity index (χ1) is 6.83. The lowest BCUT2D eigenvalue weighted by molar-refractivity contribution is -0.136. The molecule has 5 heteroatoms. The van der Waals surface area contributed by atoms with Crippen molar-refractivity contribution in [3.63, 3.8) is 0 Å². The third-order valence-corrected chi connectivity index (χ3v) is 1.92. The second-order valence-corrected chi connectivity index (χ2v) is 3.47. The van der Waals surface area contributed by atoms with Crippen LogP contribution in [0.1, 0.15) is 6.92 Å². The van der Waals surface area contributed by atoms with Crippen LogP contribution in [0.2, 0.25) is 0 Å². The molecule has 0 aromatic carbocycles. The number of hydrogen-bond acceptors (Lipinski definition) is 3. The molecule has 1 unspecified atom stereocenters. The fourth-order valence-corrected chi connectivity index (χ4v) is 1.24. The molecule has 0 aromatic heterocycles. The summed E-state index contributed by atoms with van der Waals surface area (Å²) < 4.78 is 0. The third kappa shape index (κ3) is 2.54. The molecule has 4 N–H and O–H groups in total. The van der Waals surface area contributed by atoms with Crippen LogP contribution in [0.4, 0.5) is 0 Å². The average molecular weight is 209 g/mol. The first-order valence-corrected chi connectivity index (χ1v) is 4.22. The van der Waals surface area contributed by atoms with Crippen molar-refractivity contribution in [2.45, 2.75) is 12.5 Å². The summed E-state index contributed by atoms with van der Waals surface area (Å²) in [6.45, 7) is 1.59. The lowest BCUT2D eigenvalue weighted by Crippen LogP contribution is -2.31. The van der Waals surface area contributed by atoms with Crippen molar-refractivity contribution in [3.8, 4) is 0 Å². The number of aliphatic carboxylic acids is 2. The second kappa shape index (κ2) is 3.70. The minimum atomic E-state index is -1.30. The topological polar surface area (TPSA) is 101 Å². The first kappa shape index (κ1) is 11.2. The quantitative estimate of drug-likeness (QED) is 0.607. The van der Waals surface area contributed by atoms with Crippen LogP contribution in [-0.4, -0.2) is 27.7 Å². The van der Waals surface area contributed by atoms with Crippen LogP contribution in [0.5, 0.6) is 0 Å². The van der Waals surface area contributed by atoms with Crippen molar-refractivity contribution < 1.29 is 19.8 Å². The highest BCUT2D eigenvalue weighted by Gasteiger charge is 2.24. The van der Waals surface area contributed by atoms with Gasteiger partial charge in [-0.2, -0.15) is 0 Å². The first-order valence-electron chi connectivity index (χ1n) is 4.22. The molecule has 0 bridgehead atoms. The summed E-state index contributed by atoms with van der Waals surface area (Å²) in [6.07, 6.45) is 5.42. The van der Waals surface area contributed by atoms with Gasteiger partial charge in [-0.3, -0.25) is 0 Å². The van der Waals surface area contributed by atoms with E-state index in [0.717, 1.165) is 0 Å². The van der Waals surface area contributed by atoms with Gasteiger partial charge in [0.05, 0.1) is 16.7 Å². The molecule has 80 valence electrons. The van der Waals surface area contributed by atoms with Gasteiger partial charge in [0, 0.05) is 0 Å². The SMILES string of the molecule is CC1(N)C=CC=C(C(=O)O)C(C(=O)O)=C1. The Labute approximate surface area is 86.2 Å². The van der Waals surface area contributed by atoms with Gasteiger partial charge < -0.3 is 15.9 Å². The summed E-state index contributed by atoms with van der Waals surface area (Å²) >= 11 is 0. The molecular formula is C10H11NO4. The van der Waals surface area contributed by atoms with Crippen LogP contribution >= 0.6 is 0 Å². The zero-order valence-corrected chi connectivity index (χ0v) is 8.10. The fraction of sp³-hybridized carbons (Fsp3) is 0.200. The normalized spacial score (nSPS) is 25.2. The van der Waals surface area contributed by atoms with Crippen molar-refractivity contribution in [1.82, 2.24) is 0 Å². The molecule has 0 aliphatic heterocycles. The van der Waals surface area contributed by atoms with Gasteiger partial charge in [-0.1, -0.05) is 12.2 Å². The Bertz CT molecular complexity index is 402. The molecule has 0 amide bonds. The maximum Gasteiger partial charge on any atom is 0.336 e. The highest BCUT2D eigenvalue weighted by atomic mass is 16.4. The van der Waals surface area contributed by atoms with Gasteiger partial charge in [-0.25, -0.2) is 9.59 Å². The largest absolute Gasteiger partial charge is 0.478 e. The molecule has 0 heterocycles. The number of hydrogen-bond donors (Lipinski definition) is 3. The Morgan fingerprint density at radius 3 is 2.27 bits per heavy atom. The summed E-state index contributed by atoms with van der Waals surface area (Å²) in [5, 5.41) is 17.7. The summed E-state index contributed by atoms with van der Waals surface area (Å²) in [4.78, 5) is 21.6. The van der Waals surface area contributed by atoms with Crippen LogP contribution in [0.25, 0.3) is 0 Å². The Morgan fingerprint density at radius 1 is 1.27 bits per heavy atom. The summed E-state index contributed by atoms with van der Waals surface area (Å²) in [6, 6.07) is 0. The van der Waals surface area contributed by atoms with Crippen molar-refractivity contribution in [2.24, 2.45) is 5.73 Å². The molecule has 1 aliphatic rings. The lowest BCUT2D eigenvalue weighted by Gasteiger charge is -2.14. The average Bonchev–Trinajstić information content (AvgIpc) is 2.23. The van der Waals surface area contributed by atoms with Gasteiger partial charge >= 0.3 is 11.9 Å². The smallest absolute Gasteiger partial charge is 0.336 e. The van der Waals surface area contributed by atoms with Crippen LogP contribution in [-0.2, 0) is 9.59 Å². The molecule has 1 rings (SSSR count). The van der Waals surface area contributed by atoms with Crippen molar-refractivity contribution in [2.75, 3.05) is 0 Å². The second-order valence-electron chi connectivity index (χ2n) is 3.47. The predicted octanol–water partition coefficient (Wildman–Crippen LogP) is 0.296.